The number of ether oxygens (including phenoxy) is 1. The molecular weight excluding hydrogens is 449 g/mol. The predicted octanol–water partition coefficient (Wildman–Crippen LogP) is 7.33. The number of benzene rings is 2. The number of rotatable bonds is 8. The zero-order chi connectivity index (χ0) is 25.5. The summed E-state index contributed by atoms with van der Waals surface area (Å²) in [5.74, 6) is 6.48. The molecule has 4 rings (SSSR count). The minimum Gasteiger partial charge on any atom is -0.481 e. The summed E-state index contributed by atoms with van der Waals surface area (Å²) in [7, 11) is 0. The molecule has 0 N–H and O–H groups in total. The fourth-order valence-corrected chi connectivity index (χ4v) is 3.76. The van der Waals surface area contributed by atoms with Crippen LogP contribution in [0.3, 0.4) is 0 Å². The van der Waals surface area contributed by atoms with Crippen molar-refractivity contribution in [2.45, 2.75) is 27.3 Å². The molecule has 180 valence electrons. The van der Waals surface area contributed by atoms with E-state index in [2.05, 4.69) is 57.2 Å². The van der Waals surface area contributed by atoms with E-state index in [1.807, 2.05) is 49.6 Å². The summed E-state index contributed by atoms with van der Waals surface area (Å²) >= 11 is 0. The molecule has 0 aromatic heterocycles. The van der Waals surface area contributed by atoms with E-state index in [1.165, 1.54) is 0 Å². The van der Waals surface area contributed by atoms with Gasteiger partial charge in [-0.25, -0.2) is 14.4 Å². The number of aromatic nitrogens is 3. The Morgan fingerprint density at radius 2 is 1.69 bits per heavy atom. The van der Waals surface area contributed by atoms with Crippen LogP contribution in [0.1, 0.15) is 32.2 Å². The van der Waals surface area contributed by atoms with Crippen molar-refractivity contribution in [3.8, 4) is 40.1 Å². The van der Waals surface area contributed by atoms with Crippen LogP contribution >= 0.6 is 0 Å². The van der Waals surface area contributed by atoms with E-state index in [-0.39, 0.29) is 0 Å². The van der Waals surface area contributed by atoms with Gasteiger partial charge in [0.05, 0.1) is 11.3 Å². The van der Waals surface area contributed by atoms with Gasteiger partial charge in [0.1, 0.15) is 23.9 Å². The van der Waals surface area contributed by atoms with Crippen LogP contribution in [0.4, 0.5) is 4.39 Å². The van der Waals surface area contributed by atoms with Gasteiger partial charge in [0.15, 0.2) is 5.82 Å². The van der Waals surface area contributed by atoms with E-state index in [4.69, 9.17) is 4.74 Å². The Labute approximate surface area is 211 Å². The van der Waals surface area contributed by atoms with Gasteiger partial charge >= 0.3 is 0 Å². The van der Waals surface area contributed by atoms with Crippen LogP contribution in [-0.4, -0.2) is 21.1 Å². The minimum absolute atomic E-state index is 0.345. The van der Waals surface area contributed by atoms with E-state index in [1.54, 1.807) is 26.0 Å². The molecule has 0 fully saturated rings. The van der Waals surface area contributed by atoms with Crippen molar-refractivity contribution < 1.29 is 9.13 Å². The van der Waals surface area contributed by atoms with Crippen molar-refractivity contribution >= 4 is 5.57 Å². The van der Waals surface area contributed by atoms with Crippen molar-refractivity contribution in [3.63, 3.8) is 0 Å². The lowest BCUT2D eigenvalue weighted by molar-refractivity contribution is 0.370. The van der Waals surface area contributed by atoms with E-state index < -0.39 is 5.83 Å². The fraction of sp³-hybridized carbons (Fsp3) is 0.161. The predicted molar refractivity (Wildman–Crippen MR) is 144 cm³/mol. The molecule has 0 atom stereocenters. The lowest BCUT2D eigenvalue weighted by atomic mass is 10.0. The number of fused-ring (bicyclic) bond motifs is 1. The third-order valence-electron chi connectivity index (χ3n) is 5.61. The van der Waals surface area contributed by atoms with Gasteiger partial charge in [-0.15, -0.1) is 5.92 Å². The largest absolute Gasteiger partial charge is 0.481 e. The molecular formula is C31H28FN3O. The summed E-state index contributed by atoms with van der Waals surface area (Å²) in [6.07, 6.45) is 7.35. The van der Waals surface area contributed by atoms with Crippen LogP contribution in [0.15, 0.2) is 97.1 Å². The van der Waals surface area contributed by atoms with Gasteiger partial charge in [0, 0.05) is 18.9 Å². The highest BCUT2D eigenvalue weighted by molar-refractivity contribution is 5.76. The molecule has 2 aliphatic rings. The van der Waals surface area contributed by atoms with Gasteiger partial charge in [-0.1, -0.05) is 61.0 Å². The molecule has 0 amide bonds. The summed E-state index contributed by atoms with van der Waals surface area (Å²) in [6, 6.07) is 18.4. The van der Waals surface area contributed by atoms with Gasteiger partial charge in [-0.3, -0.25) is 0 Å². The van der Waals surface area contributed by atoms with Gasteiger partial charge in [-0.2, -0.15) is 0 Å². The Bertz CT molecular complexity index is 1450. The second kappa shape index (κ2) is 11.3. The topological polar surface area (TPSA) is 39.9 Å². The first-order valence-corrected chi connectivity index (χ1v) is 11.7. The number of allylic oxidation sites excluding steroid dienone is 5. The molecule has 2 aromatic rings. The summed E-state index contributed by atoms with van der Waals surface area (Å²) in [5.41, 5.74) is 5.54. The summed E-state index contributed by atoms with van der Waals surface area (Å²) < 4.78 is 22.3. The molecule has 5 heteroatoms. The van der Waals surface area contributed by atoms with Crippen LogP contribution in [-0.2, 0) is 6.54 Å². The van der Waals surface area contributed by atoms with Crippen LogP contribution in [0, 0.1) is 11.8 Å². The molecule has 4 nitrogen and oxygen atoms in total. The average Bonchev–Trinajstić information content (AvgIpc) is 3.31. The first-order chi connectivity index (χ1) is 17.5. The lowest BCUT2D eigenvalue weighted by Gasteiger charge is -2.09. The number of halogens is 1. The Balaban J connectivity index is 1.50. The maximum atomic E-state index is 14.6. The lowest BCUT2D eigenvalue weighted by Crippen LogP contribution is -2.00. The van der Waals surface area contributed by atoms with Gasteiger partial charge in [0.2, 0.25) is 0 Å². The van der Waals surface area contributed by atoms with Crippen molar-refractivity contribution in [1.82, 2.24) is 14.5 Å². The zero-order valence-electron chi connectivity index (χ0n) is 20.8. The van der Waals surface area contributed by atoms with E-state index in [0.717, 1.165) is 28.1 Å². The molecule has 0 saturated heterocycles. The zero-order valence-corrected chi connectivity index (χ0v) is 20.8. The van der Waals surface area contributed by atoms with Gasteiger partial charge in [0.25, 0.3) is 0 Å². The third-order valence-corrected chi connectivity index (χ3v) is 5.61. The molecule has 0 bridgehead atoms. The standard InChI is InChI=1S/C31H28FN3O/c1-5-7-19-36-26-15-13-25(14-16-26)24-11-9-23(10-12-24)20-35-18-17-28-29(21-35)34-31(33-28)27(8-6-2)30(32)22(3)4/h6,8-18,21H,3,19-20H2,1-2,4H3/b8-6-,30-27-. The van der Waals surface area contributed by atoms with E-state index in [0.29, 0.717) is 35.8 Å². The number of hydrogen-bond donors (Lipinski definition) is 0. The van der Waals surface area contributed by atoms with Crippen molar-refractivity contribution in [3.05, 3.63) is 109 Å². The van der Waals surface area contributed by atoms with Gasteiger partial charge < -0.3 is 9.30 Å². The molecule has 0 saturated carbocycles. The molecule has 2 aromatic carbocycles. The highest BCUT2D eigenvalue weighted by atomic mass is 19.1. The minimum atomic E-state index is -0.399. The molecule has 0 radical (unpaired) electrons. The molecule has 0 aliphatic carbocycles. The smallest absolute Gasteiger partial charge is 0.163 e. The van der Waals surface area contributed by atoms with E-state index >= 15 is 0 Å². The van der Waals surface area contributed by atoms with Crippen LogP contribution < -0.4 is 4.74 Å². The van der Waals surface area contributed by atoms with Crippen LogP contribution in [0.5, 0.6) is 5.75 Å². The van der Waals surface area contributed by atoms with Crippen molar-refractivity contribution in [2.24, 2.45) is 0 Å². The van der Waals surface area contributed by atoms with Gasteiger partial charge in [-0.05, 0) is 61.2 Å². The summed E-state index contributed by atoms with van der Waals surface area (Å²) in [4.78, 5) is 9.11. The number of imidazole rings is 1. The quantitative estimate of drug-likeness (QED) is 0.197. The number of pyridine rings is 1. The second-order valence-electron chi connectivity index (χ2n) is 8.38. The summed E-state index contributed by atoms with van der Waals surface area (Å²) in [6.45, 7) is 10.0. The Hall–Kier alpha value is -4.43. The van der Waals surface area contributed by atoms with Crippen LogP contribution in [0.2, 0.25) is 0 Å². The van der Waals surface area contributed by atoms with Crippen molar-refractivity contribution in [1.29, 1.82) is 0 Å². The maximum Gasteiger partial charge on any atom is 0.163 e. The molecule has 0 spiro atoms. The Morgan fingerprint density at radius 1 is 1.03 bits per heavy atom. The first-order valence-electron chi connectivity index (χ1n) is 11.7. The van der Waals surface area contributed by atoms with Crippen LogP contribution in [0.25, 0.3) is 28.1 Å². The fourth-order valence-electron chi connectivity index (χ4n) is 3.76. The first kappa shape index (κ1) is 24.7. The number of hydrogen-bond acceptors (Lipinski definition) is 3. The molecule has 2 aliphatic heterocycles. The SMILES string of the molecule is C=C(C)/C(F)=C(\C=C/C)c1nc2ccn(Cc3ccc(-c4ccc(OCC#CC)cc4)cc3)cc-2n1. The molecule has 0 unspecified atom stereocenters. The third kappa shape index (κ3) is 5.79. The Kier molecular flexibility index (Phi) is 7.77. The highest BCUT2D eigenvalue weighted by Crippen LogP contribution is 2.28. The summed E-state index contributed by atoms with van der Waals surface area (Å²) in [5, 5.41) is 0. The Morgan fingerprint density at radius 3 is 2.33 bits per heavy atom. The maximum absolute atomic E-state index is 14.6. The normalized spacial score (nSPS) is 11.8. The second-order valence-corrected chi connectivity index (χ2v) is 8.38. The monoisotopic (exact) mass is 477 g/mol. The average molecular weight is 478 g/mol. The van der Waals surface area contributed by atoms with Crippen molar-refractivity contribution in [2.75, 3.05) is 6.61 Å². The molecule has 2 heterocycles. The highest BCUT2D eigenvalue weighted by Gasteiger charge is 2.17. The molecule has 36 heavy (non-hydrogen) atoms. The number of nitrogens with zero attached hydrogens (tertiary/aromatic N) is 3. The van der Waals surface area contributed by atoms with E-state index in [9.17, 15) is 4.39 Å².